The van der Waals surface area contributed by atoms with Crippen LogP contribution in [0.4, 0.5) is 23.5 Å². The lowest BCUT2D eigenvalue weighted by molar-refractivity contribution is -0.144. The predicted octanol–water partition coefficient (Wildman–Crippen LogP) is 3.89. The molecule has 0 saturated carbocycles. The normalized spacial score (nSPS) is 11.7. The number of alkyl halides is 3. The molecule has 0 saturated heterocycles. The van der Waals surface area contributed by atoms with Crippen LogP contribution in [0, 0.1) is 5.82 Å². The van der Waals surface area contributed by atoms with Crippen molar-refractivity contribution in [1.29, 1.82) is 0 Å². The fourth-order valence-corrected chi connectivity index (χ4v) is 3.35. The van der Waals surface area contributed by atoms with E-state index in [1.807, 2.05) is 0 Å². The third-order valence-electron chi connectivity index (χ3n) is 3.62. The minimum Gasteiger partial charge on any atom is -0.288 e. The van der Waals surface area contributed by atoms with Crippen LogP contribution in [0.2, 0.25) is 5.02 Å². The molecule has 1 aromatic carbocycles. The van der Waals surface area contributed by atoms with Crippen molar-refractivity contribution in [2.75, 3.05) is 5.32 Å². The molecule has 148 valence electrons. The Bertz CT molecular complexity index is 1030. The second-order valence-corrected chi connectivity index (χ2v) is 6.75. The highest BCUT2D eigenvalue weighted by Gasteiger charge is 2.39. The number of benzene rings is 1. The molecule has 0 atom stereocenters. The van der Waals surface area contributed by atoms with Crippen LogP contribution in [-0.4, -0.2) is 30.5 Å². The average Bonchev–Trinajstić information content (AvgIpc) is 3.14. The number of aromatic nitrogens is 5. The van der Waals surface area contributed by atoms with Gasteiger partial charge < -0.3 is 0 Å². The molecule has 0 radical (unpaired) electrons. The van der Waals surface area contributed by atoms with Gasteiger partial charge in [-0.25, -0.2) is 14.1 Å². The van der Waals surface area contributed by atoms with Gasteiger partial charge in [0.25, 0.3) is 5.91 Å². The third kappa shape index (κ3) is 4.02. The summed E-state index contributed by atoms with van der Waals surface area (Å²) in [5, 5.41) is 9.95. The first kappa shape index (κ1) is 20.3. The van der Waals surface area contributed by atoms with Gasteiger partial charge in [-0.15, -0.1) is 5.10 Å². The van der Waals surface area contributed by atoms with Crippen LogP contribution < -0.4 is 5.32 Å². The molecule has 28 heavy (non-hydrogen) atoms. The maximum atomic E-state index is 13.8. The lowest BCUT2D eigenvalue weighted by Crippen LogP contribution is -2.15. The van der Waals surface area contributed by atoms with Gasteiger partial charge in [0.05, 0.1) is 11.0 Å². The summed E-state index contributed by atoms with van der Waals surface area (Å²) in [4.78, 5) is 16.1. The van der Waals surface area contributed by atoms with Crippen molar-refractivity contribution >= 4 is 39.4 Å². The standard InChI is InChI=1S/C15H10BrClF4N6O/c1-26-12(15(19,20)21)10(16)11(24-26)13(28)23-14-22-6-27(25-14)5-7-8(17)3-2-4-9(7)18/h2-4,6H,5H2,1H3,(H,23,25,28). The number of nitrogens with zero attached hydrogens (tertiary/aromatic N) is 5. The van der Waals surface area contributed by atoms with E-state index in [1.54, 1.807) is 0 Å². The number of hydrogen-bond acceptors (Lipinski definition) is 4. The molecular weight excluding hydrogens is 472 g/mol. The van der Waals surface area contributed by atoms with E-state index in [1.165, 1.54) is 29.2 Å². The highest BCUT2D eigenvalue weighted by Crippen LogP contribution is 2.36. The summed E-state index contributed by atoms with van der Waals surface area (Å²) < 4.78 is 54.1. The molecule has 0 spiro atoms. The molecule has 0 aliphatic carbocycles. The van der Waals surface area contributed by atoms with E-state index < -0.39 is 33.8 Å². The van der Waals surface area contributed by atoms with Crippen LogP contribution in [0.1, 0.15) is 21.7 Å². The van der Waals surface area contributed by atoms with Crippen LogP contribution in [0.3, 0.4) is 0 Å². The lowest BCUT2D eigenvalue weighted by atomic mass is 10.2. The number of amides is 1. The van der Waals surface area contributed by atoms with Crippen molar-refractivity contribution in [3.8, 4) is 0 Å². The first-order valence-corrected chi connectivity index (χ1v) is 8.68. The van der Waals surface area contributed by atoms with E-state index in [9.17, 15) is 22.4 Å². The summed E-state index contributed by atoms with van der Waals surface area (Å²) in [6, 6.07) is 4.20. The first-order valence-electron chi connectivity index (χ1n) is 7.51. The number of carbonyl (C=O) groups excluding carboxylic acids is 1. The second-order valence-electron chi connectivity index (χ2n) is 5.55. The highest BCUT2D eigenvalue weighted by atomic mass is 79.9. The Balaban J connectivity index is 1.78. The molecule has 2 aromatic heterocycles. The Hall–Kier alpha value is -2.47. The molecule has 0 fully saturated rings. The zero-order valence-electron chi connectivity index (χ0n) is 13.9. The molecule has 3 aromatic rings. The van der Waals surface area contributed by atoms with Crippen LogP contribution >= 0.6 is 27.5 Å². The summed E-state index contributed by atoms with van der Waals surface area (Å²) in [5.41, 5.74) is -1.41. The largest absolute Gasteiger partial charge is 0.434 e. The molecule has 0 aliphatic heterocycles. The van der Waals surface area contributed by atoms with Crippen LogP contribution in [0.15, 0.2) is 29.0 Å². The smallest absolute Gasteiger partial charge is 0.288 e. The van der Waals surface area contributed by atoms with Gasteiger partial charge in [0.2, 0.25) is 5.95 Å². The van der Waals surface area contributed by atoms with Crippen LogP contribution in [0.25, 0.3) is 0 Å². The topological polar surface area (TPSA) is 77.6 Å². The number of anilines is 1. The molecule has 0 bridgehead atoms. The summed E-state index contributed by atoms with van der Waals surface area (Å²) in [7, 11) is 1.06. The van der Waals surface area contributed by atoms with Crippen molar-refractivity contribution < 1.29 is 22.4 Å². The molecule has 3 rings (SSSR count). The molecule has 2 heterocycles. The minimum atomic E-state index is -4.70. The maximum absolute atomic E-state index is 13.8. The number of aryl methyl sites for hydroxylation is 1. The minimum absolute atomic E-state index is 0.0557. The van der Waals surface area contributed by atoms with E-state index in [-0.39, 0.29) is 23.1 Å². The van der Waals surface area contributed by atoms with Gasteiger partial charge in [0.15, 0.2) is 11.4 Å². The van der Waals surface area contributed by atoms with Gasteiger partial charge in [-0.2, -0.15) is 18.3 Å². The Morgan fingerprint density at radius 3 is 2.64 bits per heavy atom. The summed E-state index contributed by atoms with van der Waals surface area (Å²) in [5.74, 6) is -1.67. The van der Waals surface area contributed by atoms with Gasteiger partial charge in [0, 0.05) is 17.6 Å². The lowest BCUT2D eigenvalue weighted by Gasteiger charge is -2.06. The van der Waals surface area contributed by atoms with Gasteiger partial charge in [-0.05, 0) is 28.1 Å². The molecule has 1 amide bonds. The predicted molar refractivity (Wildman–Crippen MR) is 94.4 cm³/mol. The number of rotatable bonds is 4. The van der Waals surface area contributed by atoms with Crippen molar-refractivity contribution in [2.24, 2.45) is 7.05 Å². The second kappa shape index (κ2) is 7.51. The fraction of sp³-hybridized carbons (Fsp3) is 0.200. The average molecular weight is 482 g/mol. The van der Waals surface area contributed by atoms with Gasteiger partial charge in [-0.1, -0.05) is 17.7 Å². The van der Waals surface area contributed by atoms with Gasteiger partial charge in [-0.3, -0.25) is 14.8 Å². The molecule has 7 nitrogen and oxygen atoms in total. The van der Waals surface area contributed by atoms with E-state index in [4.69, 9.17) is 11.6 Å². The Morgan fingerprint density at radius 2 is 2.04 bits per heavy atom. The number of carbonyl (C=O) groups is 1. The molecule has 0 unspecified atom stereocenters. The molecular formula is C15H10BrClF4N6O. The van der Waals surface area contributed by atoms with E-state index in [0.717, 1.165) is 7.05 Å². The zero-order valence-corrected chi connectivity index (χ0v) is 16.3. The highest BCUT2D eigenvalue weighted by molar-refractivity contribution is 9.10. The van der Waals surface area contributed by atoms with Gasteiger partial charge in [0.1, 0.15) is 12.1 Å². The van der Waals surface area contributed by atoms with Gasteiger partial charge >= 0.3 is 6.18 Å². The third-order valence-corrected chi connectivity index (χ3v) is 4.72. The SMILES string of the molecule is Cn1nc(C(=O)Nc2ncn(Cc3c(F)cccc3Cl)n2)c(Br)c1C(F)(F)F. The summed E-state index contributed by atoms with van der Waals surface area (Å²) in [6.45, 7) is -0.0557. The van der Waals surface area contributed by atoms with Crippen molar-refractivity contribution in [3.63, 3.8) is 0 Å². The van der Waals surface area contributed by atoms with E-state index in [0.29, 0.717) is 4.68 Å². The van der Waals surface area contributed by atoms with Crippen molar-refractivity contribution in [1.82, 2.24) is 24.5 Å². The van der Waals surface area contributed by atoms with Crippen LogP contribution in [-0.2, 0) is 19.8 Å². The Labute approximate surface area is 168 Å². The monoisotopic (exact) mass is 480 g/mol. The van der Waals surface area contributed by atoms with Crippen LogP contribution in [0.5, 0.6) is 0 Å². The number of halogens is 6. The zero-order chi connectivity index (χ0) is 20.6. The Morgan fingerprint density at radius 1 is 1.32 bits per heavy atom. The summed E-state index contributed by atoms with van der Waals surface area (Å²) in [6.07, 6.45) is -3.48. The molecule has 1 N–H and O–H groups in total. The fourth-order valence-electron chi connectivity index (χ4n) is 2.39. The number of hydrogen-bond donors (Lipinski definition) is 1. The summed E-state index contributed by atoms with van der Waals surface area (Å²) >= 11 is 8.69. The first-order chi connectivity index (χ1) is 13.1. The van der Waals surface area contributed by atoms with Crippen molar-refractivity contribution in [3.05, 3.63) is 56.8 Å². The quantitative estimate of drug-likeness (QED) is 0.574. The van der Waals surface area contributed by atoms with Crippen molar-refractivity contribution in [2.45, 2.75) is 12.7 Å². The van der Waals surface area contributed by atoms with E-state index >= 15 is 0 Å². The molecule has 0 aliphatic rings. The molecule has 13 heteroatoms. The maximum Gasteiger partial charge on any atom is 0.434 e. The Kier molecular flexibility index (Phi) is 5.44. The van der Waals surface area contributed by atoms with E-state index in [2.05, 4.69) is 36.4 Å². The number of nitrogens with one attached hydrogen (secondary N) is 1.